The van der Waals surface area contributed by atoms with Gasteiger partial charge in [0.15, 0.2) is 0 Å². The fraction of sp³-hybridized carbons (Fsp3) is 0.296. The van der Waals surface area contributed by atoms with Crippen LogP contribution in [0.4, 0.5) is 19.0 Å². The molecule has 36 heavy (non-hydrogen) atoms. The average Bonchev–Trinajstić information content (AvgIpc) is 3.19. The van der Waals surface area contributed by atoms with Gasteiger partial charge >= 0.3 is 6.18 Å². The van der Waals surface area contributed by atoms with Gasteiger partial charge in [-0.25, -0.2) is 9.97 Å². The summed E-state index contributed by atoms with van der Waals surface area (Å²) in [6.07, 6.45) is 5.50. The summed E-state index contributed by atoms with van der Waals surface area (Å²) in [6, 6.07) is 7.79. The number of carbonyl (C=O) groups excluding carboxylic acids is 1. The molecule has 1 aromatic carbocycles. The van der Waals surface area contributed by atoms with Gasteiger partial charge in [-0.1, -0.05) is 12.0 Å². The van der Waals surface area contributed by atoms with Crippen LogP contribution in [0.15, 0.2) is 36.0 Å². The van der Waals surface area contributed by atoms with Crippen LogP contribution in [-0.4, -0.2) is 27.0 Å². The van der Waals surface area contributed by atoms with Crippen LogP contribution in [0.1, 0.15) is 59.1 Å². The predicted octanol–water partition coefficient (Wildman–Crippen LogP) is 5.48. The molecule has 0 saturated heterocycles. The van der Waals surface area contributed by atoms with Crippen molar-refractivity contribution in [2.45, 2.75) is 44.2 Å². The van der Waals surface area contributed by atoms with Crippen molar-refractivity contribution in [1.82, 2.24) is 15.0 Å². The number of H-pyrrole nitrogens is 1. The molecular weight excluding hydrogens is 469 g/mol. The Bertz CT molecular complexity index is 1480. The van der Waals surface area contributed by atoms with Crippen molar-refractivity contribution in [1.29, 1.82) is 0 Å². The van der Waals surface area contributed by atoms with E-state index in [2.05, 4.69) is 32.3 Å². The van der Waals surface area contributed by atoms with Crippen LogP contribution in [0.2, 0.25) is 0 Å². The van der Waals surface area contributed by atoms with Gasteiger partial charge in [0.05, 0.1) is 5.69 Å². The van der Waals surface area contributed by atoms with Crippen molar-refractivity contribution in [2.24, 2.45) is 5.92 Å². The predicted molar refractivity (Wildman–Crippen MR) is 127 cm³/mol. The highest BCUT2D eigenvalue weighted by molar-refractivity contribution is 5.93. The minimum Gasteiger partial charge on any atom is -0.457 e. The lowest BCUT2D eigenvalue weighted by atomic mass is 10.0. The topological polar surface area (TPSA) is 79.9 Å². The van der Waals surface area contributed by atoms with Crippen molar-refractivity contribution >= 4 is 17.8 Å². The molecular formula is C27H21F3N4O2. The van der Waals surface area contributed by atoms with Gasteiger partial charge in [-0.2, -0.15) is 13.2 Å². The molecule has 2 aliphatic carbocycles. The van der Waals surface area contributed by atoms with Crippen LogP contribution in [0.25, 0.3) is 6.08 Å². The van der Waals surface area contributed by atoms with E-state index in [0.29, 0.717) is 41.9 Å². The fourth-order valence-corrected chi connectivity index (χ4v) is 5.36. The molecule has 3 aromatic rings. The number of benzene rings is 1. The number of aromatic nitrogens is 3. The van der Waals surface area contributed by atoms with E-state index in [9.17, 15) is 18.0 Å². The van der Waals surface area contributed by atoms with Crippen LogP contribution >= 0.6 is 0 Å². The zero-order valence-electron chi connectivity index (χ0n) is 19.2. The molecule has 6 rings (SSSR count). The largest absolute Gasteiger partial charge is 0.457 e. The highest BCUT2D eigenvalue weighted by Gasteiger charge is 2.57. The summed E-state index contributed by atoms with van der Waals surface area (Å²) in [7, 11) is 0. The number of fused-ring (bicyclic) bond motifs is 4. The first-order valence-corrected chi connectivity index (χ1v) is 11.6. The number of pyridine rings is 1. The van der Waals surface area contributed by atoms with E-state index in [0.717, 1.165) is 30.5 Å². The summed E-state index contributed by atoms with van der Waals surface area (Å²) in [5, 5.41) is 2.78. The maximum absolute atomic E-state index is 13.0. The van der Waals surface area contributed by atoms with E-state index >= 15 is 0 Å². The van der Waals surface area contributed by atoms with Gasteiger partial charge in [0.1, 0.15) is 28.8 Å². The Morgan fingerprint density at radius 3 is 2.86 bits per heavy atom. The molecule has 0 radical (unpaired) electrons. The third kappa shape index (κ3) is 3.73. The summed E-state index contributed by atoms with van der Waals surface area (Å²) in [5.74, 6) is 5.43. The van der Waals surface area contributed by atoms with Crippen molar-refractivity contribution in [2.75, 3.05) is 5.32 Å². The first-order valence-electron chi connectivity index (χ1n) is 11.6. The summed E-state index contributed by atoms with van der Waals surface area (Å²) in [4.78, 5) is 23.4. The first-order chi connectivity index (χ1) is 17.2. The first kappa shape index (κ1) is 22.4. The van der Waals surface area contributed by atoms with Crippen LogP contribution in [0.5, 0.6) is 11.5 Å². The molecule has 0 bridgehead atoms. The normalized spacial score (nSPS) is 22.2. The van der Waals surface area contributed by atoms with Gasteiger partial charge < -0.3 is 15.0 Å². The number of nitrogens with zero attached hydrogens (tertiary/aromatic N) is 2. The summed E-state index contributed by atoms with van der Waals surface area (Å²) in [6.45, 7) is 1.01. The number of allylic oxidation sites excluding steroid dienone is 1. The Morgan fingerprint density at radius 2 is 2.08 bits per heavy atom. The molecule has 3 heterocycles. The summed E-state index contributed by atoms with van der Waals surface area (Å²) in [5.41, 5.74) is 2.89. The summed E-state index contributed by atoms with van der Waals surface area (Å²) < 4.78 is 45.2. The molecule has 2 aromatic heterocycles. The maximum Gasteiger partial charge on any atom is 0.412 e. The van der Waals surface area contributed by atoms with E-state index in [1.54, 1.807) is 12.3 Å². The minimum atomic E-state index is -4.43. The SMILES string of the molecule is C#Cc1[nH]c(C2[C@H]3c4cc(Oc5ccnc6c5CCC(=O)N6)ccc4C[C@@H]23)nc1/C=C(\C)C(F)(F)F. The molecule has 1 saturated carbocycles. The van der Waals surface area contributed by atoms with Gasteiger partial charge in [-0.3, -0.25) is 4.79 Å². The zero-order valence-corrected chi connectivity index (χ0v) is 19.2. The van der Waals surface area contributed by atoms with Gasteiger partial charge in [0, 0.05) is 29.7 Å². The maximum atomic E-state index is 13.0. The Hall–Kier alpha value is -4.06. The lowest BCUT2D eigenvalue weighted by Gasteiger charge is -2.19. The lowest BCUT2D eigenvalue weighted by Crippen LogP contribution is -2.20. The third-order valence-electron chi connectivity index (χ3n) is 7.21. The van der Waals surface area contributed by atoms with Crippen LogP contribution in [0.3, 0.4) is 0 Å². The molecule has 3 atom stereocenters. The number of hydrogen-bond acceptors (Lipinski definition) is 4. The van der Waals surface area contributed by atoms with Crippen molar-refractivity contribution in [3.63, 3.8) is 0 Å². The number of halogens is 3. The van der Waals surface area contributed by atoms with E-state index in [-0.39, 0.29) is 29.1 Å². The molecule has 6 nitrogen and oxygen atoms in total. The zero-order chi connectivity index (χ0) is 25.2. The van der Waals surface area contributed by atoms with Crippen LogP contribution in [-0.2, 0) is 17.6 Å². The second-order valence-corrected chi connectivity index (χ2v) is 9.42. The standard InChI is InChI=1S/C27H21F3N4O2/c1-3-19-20(10-13(2)27(28,29)30)33-26(32-19)24-18-11-14-4-5-15(12-17(14)23(18)24)36-21-8-9-31-25-16(21)6-7-22(35)34-25/h1,4-5,8-10,12,18,23-24H,6-7,11H2,2H3,(H,32,33)(H,31,34,35)/b13-10+/t18-,23+,24?/m1/s1. The molecule has 0 spiro atoms. The van der Waals surface area contributed by atoms with E-state index < -0.39 is 11.7 Å². The summed E-state index contributed by atoms with van der Waals surface area (Å²) >= 11 is 0. The highest BCUT2D eigenvalue weighted by atomic mass is 19.4. The van der Waals surface area contributed by atoms with E-state index in [4.69, 9.17) is 11.2 Å². The van der Waals surface area contributed by atoms with Gasteiger partial charge in [-0.05, 0) is 67.0 Å². The number of rotatable bonds is 4. The molecule has 1 unspecified atom stereocenters. The van der Waals surface area contributed by atoms with Gasteiger partial charge in [0.25, 0.3) is 0 Å². The number of imidazole rings is 1. The number of nitrogens with one attached hydrogen (secondary N) is 2. The third-order valence-corrected chi connectivity index (χ3v) is 7.21. The molecule has 1 fully saturated rings. The minimum absolute atomic E-state index is 0.0615. The number of alkyl halides is 3. The van der Waals surface area contributed by atoms with Gasteiger partial charge in [-0.15, -0.1) is 6.42 Å². The number of hydrogen-bond donors (Lipinski definition) is 2. The van der Waals surface area contributed by atoms with Crippen LogP contribution in [0, 0.1) is 18.3 Å². The highest BCUT2D eigenvalue weighted by Crippen LogP contribution is 2.66. The van der Waals surface area contributed by atoms with E-state index in [1.165, 1.54) is 5.56 Å². The molecule has 9 heteroatoms. The fourth-order valence-electron chi connectivity index (χ4n) is 5.36. The number of anilines is 1. The number of ether oxygens (including phenoxy) is 1. The smallest absolute Gasteiger partial charge is 0.412 e. The molecule has 182 valence electrons. The Morgan fingerprint density at radius 1 is 1.25 bits per heavy atom. The number of terminal acetylenes is 1. The average molecular weight is 490 g/mol. The monoisotopic (exact) mass is 490 g/mol. The Kier molecular flexibility index (Phi) is 4.97. The number of amides is 1. The number of aromatic amines is 1. The van der Waals surface area contributed by atoms with Crippen molar-refractivity contribution in [3.05, 3.63) is 69.9 Å². The van der Waals surface area contributed by atoms with Crippen molar-refractivity contribution in [3.8, 4) is 23.8 Å². The molecule has 2 N–H and O–H groups in total. The van der Waals surface area contributed by atoms with Crippen molar-refractivity contribution < 1.29 is 22.7 Å². The Labute approximate surface area is 205 Å². The molecule has 3 aliphatic rings. The Balaban J connectivity index is 1.25. The van der Waals surface area contributed by atoms with E-state index in [1.807, 2.05) is 12.1 Å². The second-order valence-electron chi connectivity index (χ2n) is 9.42. The van der Waals surface area contributed by atoms with Crippen LogP contribution < -0.4 is 10.1 Å². The lowest BCUT2D eigenvalue weighted by molar-refractivity contribution is -0.116. The molecule has 1 aliphatic heterocycles. The molecule has 1 amide bonds. The quantitative estimate of drug-likeness (QED) is 0.475. The number of carbonyl (C=O) groups is 1. The second kappa shape index (κ2) is 7.98. The van der Waals surface area contributed by atoms with Gasteiger partial charge in [0.2, 0.25) is 5.91 Å².